The summed E-state index contributed by atoms with van der Waals surface area (Å²) in [5.41, 5.74) is 0.843. The molecule has 1 aromatic rings. The van der Waals surface area contributed by atoms with Crippen molar-refractivity contribution in [3.63, 3.8) is 0 Å². The zero-order chi connectivity index (χ0) is 9.97. The summed E-state index contributed by atoms with van der Waals surface area (Å²) >= 11 is 1.19. The molecule has 2 rings (SSSR count). The molecule has 0 aliphatic heterocycles. The van der Waals surface area contributed by atoms with Crippen LogP contribution in [0.2, 0.25) is 0 Å². The van der Waals surface area contributed by atoms with Gasteiger partial charge in [0.25, 0.3) is 5.91 Å². The normalized spacial score (nSPS) is 15.5. The number of hydrogen-bond donors (Lipinski definition) is 1. The first-order chi connectivity index (χ1) is 6.81. The average Bonchev–Trinajstić information content (AvgIpc) is 2.83. The van der Waals surface area contributed by atoms with E-state index in [2.05, 4.69) is 21.8 Å². The third kappa shape index (κ3) is 2.09. The molecule has 1 aliphatic rings. The van der Waals surface area contributed by atoms with Crippen molar-refractivity contribution in [1.29, 1.82) is 0 Å². The van der Waals surface area contributed by atoms with E-state index in [1.54, 1.807) is 0 Å². The molecule has 0 radical (unpaired) electrons. The van der Waals surface area contributed by atoms with Gasteiger partial charge in [-0.15, -0.1) is 5.10 Å². The Balaban J connectivity index is 2.04. The molecule has 76 valence electrons. The Labute approximate surface area is 86.9 Å². The van der Waals surface area contributed by atoms with E-state index in [1.165, 1.54) is 11.5 Å². The monoisotopic (exact) mass is 211 g/mol. The van der Waals surface area contributed by atoms with Gasteiger partial charge in [-0.25, -0.2) is 0 Å². The highest BCUT2D eigenvalue weighted by Crippen LogP contribution is 2.20. The highest BCUT2D eigenvalue weighted by molar-refractivity contribution is 7.08. The zero-order valence-electron chi connectivity index (χ0n) is 8.12. The third-order valence-electron chi connectivity index (χ3n) is 2.16. The van der Waals surface area contributed by atoms with Crippen LogP contribution in [0.15, 0.2) is 0 Å². The number of nitrogens with zero attached hydrogens (tertiary/aromatic N) is 2. The highest BCUT2D eigenvalue weighted by atomic mass is 32.1. The lowest BCUT2D eigenvalue weighted by molar-refractivity contribution is 0.0954. The minimum atomic E-state index is 0.00551. The summed E-state index contributed by atoms with van der Waals surface area (Å²) in [6.07, 6.45) is 4.06. The lowest BCUT2D eigenvalue weighted by Gasteiger charge is -2.00. The van der Waals surface area contributed by atoms with Gasteiger partial charge in [-0.05, 0) is 30.8 Å². The Morgan fingerprint density at radius 3 is 3.07 bits per heavy atom. The molecule has 0 bridgehead atoms. The van der Waals surface area contributed by atoms with Crippen LogP contribution in [-0.4, -0.2) is 21.5 Å². The second-order valence-electron chi connectivity index (χ2n) is 3.55. The van der Waals surface area contributed by atoms with Crippen molar-refractivity contribution in [2.75, 3.05) is 0 Å². The lowest BCUT2D eigenvalue weighted by Crippen LogP contribution is -2.25. The molecule has 1 aromatic heterocycles. The Morgan fingerprint density at radius 2 is 2.43 bits per heavy atom. The Hall–Kier alpha value is -0.970. The van der Waals surface area contributed by atoms with Gasteiger partial charge in [0.15, 0.2) is 0 Å². The molecule has 0 spiro atoms. The maximum absolute atomic E-state index is 11.7. The number of carbonyl (C=O) groups is 1. The van der Waals surface area contributed by atoms with Crippen LogP contribution < -0.4 is 5.32 Å². The van der Waals surface area contributed by atoms with E-state index in [0.29, 0.717) is 10.9 Å². The molecule has 1 fully saturated rings. The topological polar surface area (TPSA) is 54.9 Å². The molecule has 1 amide bonds. The van der Waals surface area contributed by atoms with Crippen molar-refractivity contribution < 1.29 is 4.79 Å². The summed E-state index contributed by atoms with van der Waals surface area (Å²) in [5, 5.41) is 6.91. The van der Waals surface area contributed by atoms with Gasteiger partial charge < -0.3 is 5.32 Å². The van der Waals surface area contributed by atoms with E-state index >= 15 is 0 Å². The van der Waals surface area contributed by atoms with Gasteiger partial charge >= 0.3 is 0 Å². The fourth-order valence-corrected chi connectivity index (χ4v) is 1.87. The van der Waals surface area contributed by atoms with Gasteiger partial charge in [-0.1, -0.05) is 17.8 Å². The summed E-state index contributed by atoms with van der Waals surface area (Å²) < 4.78 is 3.82. The van der Waals surface area contributed by atoms with Crippen molar-refractivity contribution in [2.45, 2.75) is 38.6 Å². The summed E-state index contributed by atoms with van der Waals surface area (Å²) in [4.78, 5) is 12.4. The van der Waals surface area contributed by atoms with Crippen molar-refractivity contribution in [1.82, 2.24) is 14.9 Å². The number of aromatic nitrogens is 2. The van der Waals surface area contributed by atoms with E-state index in [-0.39, 0.29) is 5.91 Å². The molecule has 5 heteroatoms. The largest absolute Gasteiger partial charge is 0.348 e. The van der Waals surface area contributed by atoms with Gasteiger partial charge in [0, 0.05) is 6.04 Å². The number of rotatable bonds is 4. The molecule has 0 saturated heterocycles. The summed E-state index contributed by atoms with van der Waals surface area (Å²) in [7, 11) is 0. The molecule has 1 heterocycles. The van der Waals surface area contributed by atoms with E-state index < -0.39 is 0 Å². The van der Waals surface area contributed by atoms with E-state index in [4.69, 9.17) is 0 Å². The number of nitrogens with one attached hydrogen (secondary N) is 1. The number of carbonyl (C=O) groups excluding carboxylic acids is 1. The second-order valence-corrected chi connectivity index (χ2v) is 4.30. The van der Waals surface area contributed by atoms with Gasteiger partial charge in [0.2, 0.25) is 0 Å². The van der Waals surface area contributed by atoms with Crippen LogP contribution in [0, 0.1) is 0 Å². The van der Waals surface area contributed by atoms with Crippen LogP contribution in [-0.2, 0) is 6.42 Å². The number of hydrogen-bond acceptors (Lipinski definition) is 4. The summed E-state index contributed by atoms with van der Waals surface area (Å²) in [5.74, 6) is 0.00551. The first-order valence-electron chi connectivity index (χ1n) is 4.93. The molecular weight excluding hydrogens is 198 g/mol. The smallest absolute Gasteiger partial charge is 0.265 e. The fourth-order valence-electron chi connectivity index (χ4n) is 1.26. The highest BCUT2D eigenvalue weighted by Gasteiger charge is 2.25. The SMILES string of the molecule is CCCc1nnsc1C(=O)NC1CC1. The van der Waals surface area contributed by atoms with Crippen LogP contribution in [0.3, 0.4) is 0 Å². The minimum Gasteiger partial charge on any atom is -0.348 e. The summed E-state index contributed by atoms with van der Waals surface area (Å²) in [6, 6.07) is 0.402. The maximum atomic E-state index is 11.7. The molecule has 0 unspecified atom stereocenters. The van der Waals surface area contributed by atoms with Gasteiger partial charge in [0.05, 0.1) is 5.69 Å². The molecule has 1 saturated carbocycles. The number of aryl methyl sites for hydroxylation is 1. The van der Waals surface area contributed by atoms with Crippen molar-refractivity contribution in [2.24, 2.45) is 0 Å². The van der Waals surface area contributed by atoms with Crippen molar-refractivity contribution in [3.8, 4) is 0 Å². The van der Waals surface area contributed by atoms with E-state index in [1.807, 2.05) is 0 Å². The second kappa shape index (κ2) is 4.04. The molecule has 4 nitrogen and oxygen atoms in total. The van der Waals surface area contributed by atoms with Crippen LogP contribution in [0.1, 0.15) is 41.6 Å². The first kappa shape index (κ1) is 9.58. The molecule has 1 aliphatic carbocycles. The first-order valence-corrected chi connectivity index (χ1v) is 5.70. The third-order valence-corrected chi connectivity index (χ3v) is 2.93. The molecule has 0 aromatic carbocycles. The van der Waals surface area contributed by atoms with Gasteiger partial charge in [0.1, 0.15) is 4.88 Å². The lowest BCUT2D eigenvalue weighted by atomic mass is 10.2. The van der Waals surface area contributed by atoms with E-state index in [0.717, 1.165) is 31.4 Å². The molecule has 0 atom stereocenters. The minimum absolute atomic E-state index is 0.00551. The van der Waals surface area contributed by atoms with Crippen molar-refractivity contribution in [3.05, 3.63) is 10.6 Å². The number of amides is 1. The summed E-state index contributed by atoms with van der Waals surface area (Å²) in [6.45, 7) is 2.07. The molecule has 1 N–H and O–H groups in total. The Morgan fingerprint density at radius 1 is 1.64 bits per heavy atom. The van der Waals surface area contributed by atoms with Crippen LogP contribution in [0.25, 0.3) is 0 Å². The van der Waals surface area contributed by atoms with Crippen LogP contribution in [0.4, 0.5) is 0 Å². The molecule has 14 heavy (non-hydrogen) atoms. The van der Waals surface area contributed by atoms with Crippen LogP contribution >= 0.6 is 11.5 Å². The van der Waals surface area contributed by atoms with Crippen LogP contribution in [0.5, 0.6) is 0 Å². The van der Waals surface area contributed by atoms with E-state index in [9.17, 15) is 4.79 Å². The predicted octanol–water partition coefficient (Wildman–Crippen LogP) is 1.38. The Kier molecular flexibility index (Phi) is 2.77. The average molecular weight is 211 g/mol. The zero-order valence-corrected chi connectivity index (χ0v) is 8.93. The van der Waals surface area contributed by atoms with Gasteiger partial charge in [-0.3, -0.25) is 4.79 Å². The van der Waals surface area contributed by atoms with Crippen molar-refractivity contribution >= 4 is 17.4 Å². The quantitative estimate of drug-likeness (QED) is 0.818. The molecular formula is C9H13N3OS. The fraction of sp³-hybridized carbons (Fsp3) is 0.667. The standard InChI is InChI=1S/C9H13N3OS/c1-2-3-7-8(14-12-11-7)9(13)10-6-4-5-6/h6H,2-5H2,1H3,(H,10,13). The van der Waals surface area contributed by atoms with Gasteiger partial charge in [-0.2, -0.15) is 0 Å². The Bertz CT molecular complexity index is 333. The predicted molar refractivity (Wildman–Crippen MR) is 54.4 cm³/mol. The maximum Gasteiger partial charge on any atom is 0.265 e.